The molecule has 2 nitrogen and oxygen atoms in total. The van der Waals surface area contributed by atoms with Crippen LogP contribution in [0.3, 0.4) is 0 Å². The van der Waals surface area contributed by atoms with E-state index in [0.29, 0.717) is 0 Å². The zero-order valence-electron chi connectivity index (χ0n) is 11.4. The number of carbonyl (C=O) groups excluding carboxylic acids is 1. The fourth-order valence-corrected chi connectivity index (χ4v) is 1.58. The highest BCUT2D eigenvalue weighted by Crippen LogP contribution is 2.08. The fraction of sp³-hybridized carbons (Fsp3) is 0.312. The van der Waals surface area contributed by atoms with Crippen molar-refractivity contribution < 1.29 is 4.79 Å². The van der Waals surface area contributed by atoms with Crippen LogP contribution in [0.1, 0.15) is 33.6 Å². The molecule has 96 valence electrons. The minimum absolute atomic E-state index is 0.0594. The van der Waals surface area contributed by atoms with Gasteiger partial charge in [0, 0.05) is 11.8 Å². The number of allylic oxidation sites excluding steroid dienone is 3. The SMILES string of the molecule is CC(C)=CCCC(C)=CC(=O)Nc1ccccc1. The first-order valence-electron chi connectivity index (χ1n) is 6.24. The van der Waals surface area contributed by atoms with Crippen LogP contribution in [0.4, 0.5) is 5.69 Å². The summed E-state index contributed by atoms with van der Waals surface area (Å²) < 4.78 is 0. The summed E-state index contributed by atoms with van der Waals surface area (Å²) in [6, 6.07) is 9.49. The number of hydrogen-bond acceptors (Lipinski definition) is 1. The molecule has 0 heterocycles. The highest BCUT2D eigenvalue weighted by molar-refractivity contribution is 5.99. The predicted molar refractivity (Wildman–Crippen MR) is 77.5 cm³/mol. The lowest BCUT2D eigenvalue weighted by molar-refractivity contribution is -0.112. The molecule has 0 aliphatic heterocycles. The molecule has 0 aliphatic carbocycles. The van der Waals surface area contributed by atoms with Crippen molar-refractivity contribution in [2.45, 2.75) is 33.6 Å². The van der Waals surface area contributed by atoms with Crippen molar-refractivity contribution in [2.75, 3.05) is 5.32 Å². The minimum Gasteiger partial charge on any atom is -0.323 e. The summed E-state index contributed by atoms with van der Waals surface area (Å²) in [6.45, 7) is 6.16. The fourth-order valence-electron chi connectivity index (χ4n) is 1.58. The van der Waals surface area contributed by atoms with E-state index >= 15 is 0 Å². The van der Waals surface area contributed by atoms with Crippen LogP contribution in [0.5, 0.6) is 0 Å². The van der Waals surface area contributed by atoms with Gasteiger partial charge in [0.15, 0.2) is 0 Å². The van der Waals surface area contributed by atoms with Gasteiger partial charge in [-0.25, -0.2) is 0 Å². The first-order chi connectivity index (χ1) is 8.58. The van der Waals surface area contributed by atoms with Crippen molar-refractivity contribution >= 4 is 11.6 Å². The molecule has 0 atom stereocenters. The van der Waals surface area contributed by atoms with Gasteiger partial charge >= 0.3 is 0 Å². The molecule has 18 heavy (non-hydrogen) atoms. The zero-order valence-corrected chi connectivity index (χ0v) is 11.4. The van der Waals surface area contributed by atoms with E-state index in [1.165, 1.54) is 5.57 Å². The Hall–Kier alpha value is -1.83. The molecule has 1 N–H and O–H groups in total. The molecule has 1 amide bonds. The van der Waals surface area contributed by atoms with Crippen LogP contribution in [0.15, 0.2) is 53.6 Å². The average Bonchev–Trinajstić information content (AvgIpc) is 2.29. The summed E-state index contributed by atoms with van der Waals surface area (Å²) in [7, 11) is 0. The van der Waals surface area contributed by atoms with Gasteiger partial charge in [0.1, 0.15) is 0 Å². The molecule has 0 radical (unpaired) electrons. The Balaban J connectivity index is 2.45. The van der Waals surface area contributed by atoms with Gasteiger partial charge < -0.3 is 5.32 Å². The number of amides is 1. The molecule has 1 aromatic rings. The smallest absolute Gasteiger partial charge is 0.248 e. The van der Waals surface area contributed by atoms with Gasteiger partial charge in [-0.3, -0.25) is 4.79 Å². The lowest BCUT2D eigenvalue weighted by Crippen LogP contribution is -2.08. The van der Waals surface area contributed by atoms with Gasteiger partial charge in [0.2, 0.25) is 5.91 Å². The maximum Gasteiger partial charge on any atom is 0.248 e. The van der Waals surface area contributed by atoms with E-state index in [1.807, 2.05) is 37.3 Å². The standard InChI is InChI=1S/C16H21NO/c1-13(2)8-7-9-14(3)12-16(18)17-15-10-5-4-6-11-15/h4-6,8,10-12H,7,9H2,1-3H3,(H,17,18). The number of anilines is 1. The van der Waals surface area contributed by atoms with Crippen molar-refractivity contribution in [1.29, 1.82) is 0 Å². The molecule has 0 bridgehead atoms. The molecule has 0 aliphatic rings. The second kappa shape index (κ2) is 7.49. The molecule has 2 heteroatoms. The zero-order chi connectivity index (χ0) is 13.4. The third-order valence-corrected chi connectivity index (χ3v) is 2.51. The van der Waals surface area contributed by atoms with Gasteiger partial charge in [-0.1, -0.05) is 35.4 Å². The van der Waals surface area contributed by atoms with E-state index in [0.717, 1.165) is 24.1 Å². The van der Waals surface area contributed by atoms with Crippen molar-refractivity contribution in [3.63, 3.8) is 0 Å². The van der Waals surface area contributed by atoms with Gasteiger partial charge in [0.05, 0.1) is 0 Å². The monoisotopic (exact) mass is 243 g/mol. The maximum absolute atomic E-state index is 11.7. The Morgan fingerprint density at radius 1 is 1.17 bits per heavy atom. The molecule has 0 fully saturated rings. The molecule has 0 spiro atoms. The van der Waals surface area contributed by atoms with Crippen LogP contribution in [0.2, 0.25) is 0 Å². The van der Waals surface area contributed by atoms with Crippen LogP contribution in [0, 0.1) is 0 Å². The molecule has 1 aromatic carbocycles. The molecule has 0 unspecified atom stereocenters. The number of carbonyl (C=O) groups is 1. The Labute approximate surface area is 109 Å². The maximum atomic E-state index is 11.7. The second-order valence-corrected chi connectivity index (χ2v) is 4.67. The third-order valence-electron chi connectivity index (χ3n) is 2.51. The number of rotatable bonds is 5. The lowest BCUT2D eigenvalue weighted by atomic mass is 10.1. The van der Waals surface area contributed by atoms with Crippen LogP contribution >= 0.6 is 0 Å². The van der Waals surface area contributed by atoms with E-state index in [-0.39, 0.29) is 5.91 Å². The van der Waals surface area contributed by atoms with E-state index in [1.54, 1.807) is 6.08 Å². The van der Waals surface area contributed by atoms with Crippen LogP contribution < -0.4 is 5.32 Å². The van der Waals surface area contributed by atoms with E-state index in [4.69, 9.17) is 0 Å². The van der Waals surface area contributed by atoms with E-state index < -0.39 is 0 Å². The molecular weight excluding hydrogens is 222 g/mol. The largest absolute Gasteiger partial charge is 0.323 e. The lowest BCUT2D eigenvalue weighted by Gasteiger charge is -2.03. The van der Waals surface area contributed by atoms with Crippen molar-refractivity contribution in [2.24, 2.45) is 0 Å². The number of nitrogens with one attached hydrogen (secondary N) is 1. The van der Waals surface area contributed by atoms with Crippen LogP contribution in [0.25, 0.3) is 0 Å². The summed E-state index contributed by atoms with van der Waals surface area (Å²) in [5.41, 5.74) is 3.24. The minimum atomic E-state index is -0.0594. The van der Waals surface area contributed by atoms with Gasteiger partial charge in [-0.05, 0) is 45.7 Å². The van der Waals surface area contributed by atoms with Gasteiger partial charge in [-0.2, -0.15) is 0 Å². The normalized spacial score (nSPS) is 10.9. The van der Waals surface area contributed by atoms with E-state index in [2.05, 4.69) is 25.2 Å². The highest BCUT2D eigenvalue weighted by Gasteiger charge is 1.98. The Kier molecular flexibility index (Phi) is 5.92. The summed E-state index contributed by atoms with van der Waals surface area (Å²) in [5.74, 6) is -0.0594. The molecular formula is C16H21NO. The highest BCUT2D eigenvalue weighted by atomic mass is 16.1. The quantitative estimate of drug-likeness (QED) is 0.605. The number of para-hydroxylation sites is 1. The first kappa shape index (κ1) is 14.2. The molecule has 0 saturated carbocycles. The Bertz CT molecular complexity index is 439. The molecule has 1 rings (SSSR count). The summed E-state index contributed by atoms with van der Waals surface area (Å²) in [4.78, 5) is 11.7. The van der Waals surface area contributed by atoms with Gasteiger partial charge in [-0.15, -0.1) is 0 Å². The van der Waals surface area contributed by atoms with Crippen molar-refractivity contribution in [3.8, 4) is 0 Å². The average molecular weight is 243 g/mol. The summed E-state index contributed by atoms with van der Waals surface area (Å²) in [6.07, 6.45) is 5.77. The van der Waals surface area contributed by atoms with Crippen LogP contribution in [-0.4, -0.2) is 5.91 Å². The topological polar surface area (TPSA) is 29.1 Å². The Morgan fingerprint density at radius 3 is 2.44 bits per heavy atom. The van der Waals surface area contributed by atoms with Crippen LogP contribution in [-0.2, 0) is 4.79 Å². The number of hydrogen-bond donors (Lipinski definition) is 1. The van der Waals surface area contributed by atoms with Crippen molar-refractivity contribution in [1.82, 2.24) is 0 Å². The second-order valence-electron chi connectivity index (χ2n) is 4.67. The molecule has 0 saturated heterocycles. The van der Waals surface area contributed by atoms with Crippen molar-refractivity contribution in [3.05, 3.63) is 53.6 Å². The third kappa shape index (κ3) is 6.04. The van der Waals surface area contributed by atoms with Gasteiger partial charge in [0.25, 0.3) is 0 Å². The summed E-state index contributed by atoms with van der Waals surface area (Å²) >= 11 is 0. The molecule has 0 aromatic heterocycles. The first-order valence-corrected chi connectivity index (χ1v) is 6.24. The summed E-state index contributed by atoms with van der Waals surface area (Å²) in [5, 5.41) is 2.84. The number of benzene rings is 1. The van der Waals surface area contributed by atoms with E-state index in [9.17, 15) is 4.79 Å². The Morgan fingerprint density at radius 2 is 1.83 bits per heavy atom. The predicted octanol–water partition coefficient (Wildman–Crippen LogP) is 4.32.